The van der Waals surface area contributed by atoms with Crippen molar-refractivity contribution in [1.82, 2.24) is 19.9 Å². The minimum Gasteiger partial charge on any atom is -0.496 e. The molecule has 3 aromatic rings. The van der Waals surface area contributed by atoms with E-state index in [1.165, 1.54) is 0 Å². The molecule has 158 valence electrons. The Morgan fingerprint density at radius 3 is 2.63 bits per heavy atom. The monoisotopic (exact) mass is 407 g/mol. The van der Waals surface area contributed by atoms with Gasteiger partial charge in [0.15, 0.2) is 5.76 Å². The van der Waals surface area contributed by atoms with Crippen molar-refractivity contribution >= 4 is 5.82 Å². The van der Waals surface area contributed by atoms with Gasteiger partial charge in [-0.3, -0.25) is 9.80 Å². The number of anilines is 1. The molecule has 7 nitrogen and oxygen atoms in total. The third-order valence-corrected chi connectivity index (χ3v) is 5.51. The first-order valence-corrected chi connectivity index (χ1v) is 10.4. The Labute approximate surface area is 177 Å². The topological polar surface area (TPSA) is 57.9 Å². The molecule has 0 amide bonds. The summed E-state index contributed by atoms with van der Waals surface area (Å²) in [6.45, 7) is 6.91. The van der Waals surface area contributed by atoms with Crippen molar-refractivity contribution in [3.63, 3.8) is 0 Å². The summed E-state index contributed by atoms with van der Waals surface area (Å²) in [5.74, 6) is 2.74. The van der Waals surface area contributed by atoms with Crippen LogP contribution in [0.3, 0.4) is 0 Å². The van der Waals surface area contributed by atoms with E-state index in [0.717, 1.165) is 74.4 Å². The third kappa shape index (κ3) is 4.98. The minimum absolute atomic E-state index is 0.732. The Morgan fingerprint density at radius 1 is 1.07 bits per heavy atom. The maximum Gasteiger partial charge on any atom is 0.151 e. The molecule has 2 aromatic heterocycles. The normalized spacial score (nSPS) is 15.0. The first kappa shape index (κ1) is 20.4. The lowest BCUT2D eigenvalue weighted by molar-refractivity contribution is 0.201. The number of piperazine rings is 1. The summed E-state index contributed by atoms with van der Waals surface area (Å²) in [4.78, 5) is 11.6. The van der Waals surface area contributed by atoms with Crippen molar-refractivity contribution in [2.75, 3.05) is 58.3 Å². The summed E-state index contributed by atoms with van der Waals surface area (Å²) in [7, 11) is 3.79. The number of likely N-dealkylation sites (N-methyl/N-ethyl adjacent to an activating group) is 1. The Bertz CT molecular complexity index is 922. The van der Waals surface area contributed by atoms with Crippen LogP contribution in [0.4, 0.5) is 5.82 Å². The fraction of sp³-hybridized carbons (Fsp3) is 0.391. The first-order chi connectivity index (χ1) is 14.7. The van der Waals surface area contributed by atoms with E-state index < -0.39 is 0 Å². The van der Waals surface area contributed by atoms with Gasteiger partial charge >= 0.3 is 0 Å². The van der Waals surface area contributed by atoms with Crippen LogP contribution in [0.2, 0.25) is 0 Å². The summed E-state index contributed by atoms with van der Waals surface area (Å²) < 4.78 is 11.0. The fourth-order valence-electron chi connectivity index (χ4n) is 3.77. The van der Waals surface area contributed by atoms with Crippen molar-refractivity contribution in [1.29, 1.82) is 0 Å². The van der Waals surface area contributed by atoms with E-state index in [1.807, 2.05) is 48.7 Å². The zero-order valence-corrected chi connectivity index (χ0v) is 17.7. The van der Waals surface area contributed by atoms with Crippen molar-refractivity contribution in [3.05, 3.63) is 60.5 Å². The molecule has 0 N–H and O–H groups in total. The Kier molecular flexibility index (Phi) is 6.61. The predicted octanol–water partition coefficient (Wildman–Crippen LogP) is 3.00. The van der Waals surface area contributed by atoms with Crippen LogP contribution in [0, 0.1) is 0 Å². The van der Waals surface area contributed by atoms with Gasteiger partial charge in [-0.05, 0) is 31.3 Å². The number of methoxy groups -OCH3 is 1. The van der Waals surface area contributed by atoms with Gasteiger partial charge in [0.2, 0.25) is 0 Å². The van der Waals surface area contributed by atoms with E-state index in [1.54, 1.807) is 7.11 Å². The highest BCUT2D eigenvalue weighted by Crippen LogP contribution is 2.29. The molecule has 1 fully saturated rings. The maximum atomic E-state index is 5.57. The highest BCUT2D eigenvalue weighted by atomic mass is 16.5. The molecule has 1 aromatic carbocycles. The van der Waals surface area contributed by atoms with Crippen LogP contribution in [0.1, 0.15) is 5.76 Å². The van der Waals surface area contributed by atoms with Gasteiger partial charge in [0, 0.05) is 57.1 Å². The molecule has 0 atom stereocenters. The second kappa shape index (κ2) is 9.73. The van der Waals surface area contributed by atoms with Gasteiger partial charge < -0.3 is 14.2 Å². The Balaban J connectivity index is 1.24. The van der Waals surface area contributed by atoms with Gasteiger partial charge in [-0.2, -0.15) is 0 Å². The number of ether oxygens (including phenoxy) is 1. The SMILES string of the molecule is COc1ccccc1-c1cc(CN(C)CCN2CCN(c3ccccn3)CC2)on1. The molecule has 7 heteroatoms. The van der Waals surface area contributed by atoms with Gasteiger partial charge in [0.05, 0.1) is 13.7 Å². The smallest absolute Gasteiger partial charge is 0.151 e. The largest absolute Gasteiger partial charge is 0.496 e. The molecular formula is C23H29N5O2. The molecule has 0 unspecified atom stereocenters. The van der Waals surface area contributed by atoms with Crippen LogP contribution >= 0.6 is 0 Å². The second-order valence-electron chi connectivity index (χ2n) is 7.63. The zero-order valence-electron chi connectivity index (χ0n) is 17.7. The number of pyridine rings is 1. The third-order valence-electron chi connectivity index (χ3n) is 5.51. The molecular weight excluding hydrogens is 378 g/mol. The highest BCUT2D eigenvalue weighted by molar-refractivity contribution is 5.66. The predicted molar refractivity (Wildman–Crippen MR) is 118 cm³/mol. The molecule has 0 aliphatic carbocycles. The van der Waals surface area contributed by atoms with Gasteiger partial charge in [-0.15, -0.1) is 0 Å². The molecule has 3 heterocycles. The Morgan fingerprint density at radius 2 is 1.87 bits per heavy atom. The van der Waals surface area contributed by atoms with E-state index in [9.17, 15) is 0 Å². The number of benzene rings is 1. The average Bonchev–Trinajstić information content (AvgIpc) is 3.27. The van der Waals surface area contributed by atoms with E-state index >= 15 is 0 Å². The molecule has 0 radical (unpaired) electrons. The highest BCUT2D eigenvalue weighted by Gasteiger charge is 2.18. The standard InChI is InChI=1S/C23H29N5O2/c1-26(11-12-27-13-15-28(16-14-27)23-9-5-6-10-24-23)18-19-17-21(25-30-19)20-7-3-4-8-22(20)29-2/h3-10,17H,11-16,18H2,1-2H3. The molecule has 0 bridgehead atoms. The average molecular weight is 408 g/mol. The molecule has 30 heavy (non-hydrogen) atoms. The molecule has 0 saturated carbocycles. The van der Waals surface area contributed by atoms with Crippen LogP contribution in [-0.2, 0) is 6.54 Å². The second-order valence-corrected chi connectivity index (χ2v) is 7.63. The van der Waals surface area contributed by atoms with E-state index in [2.05, 4.69) is 38.0 Å². The van der Waals surface area contributed by atoms with Crippen molar-refractivity contribution in [2.24, 2.45) is 0 Å². The van der Waals surface area contributed by atoms with E-state index in [4.69, 9.17) is 9.26 Å². The molecule has 0 spiro atoms. The quantitative estimate of drug-likeness (QED) is 0.569. The number of nitrogens with zero attached hydrogens (tertiary/aromatic N) is 5. The lowest BCUT2D eigenvalue weighted by atomic mass is 10.1. The van der Waals surface area contributed by atoms with Crippen LogP contribution < -0.4 is 9.64 Å². The number of hydrogen-bond donors (Lipinski definition) is 0. The van der Waals surface area contributed by atoms with Crippen LogP contribution in [0.5, 0.6) is 5.75 Å². The Hall–Kier alpha value is -2.90. The molecule has 4 rings (SSSR count). The number of aromatic nitrogens is 2. The van der Waals surface area contributed by atoms with Gasteiger partial charge in [0.25, 0.3) is 0 Å². The van der Waals surface area contributed by atoms with Gasteiger partial charge in [-0.1, -0.05) is 23.4 Å². The van der Waals surface area contributed by atoms with E-state index in [-0.39, 0.29) is 0 Å². The lowest BCUT2D eigenvalue weighted by Gasteiger charge is -2.36. The van der Waals surface area contributed by atoms with E-state index in [0.29, 0.717) is 0 Å². The molecule has 1 saturated heterocycles. The number of rotatable bonds is 8. The van der Waals surface area contributed by atoms with Crippen molar-refractivity contribution < 1.29 is 9.26 Å². The first-order valence-electron chi connectivity index (χ1n) is 10.4. The van der Waals surface area contributed by atoms with Crippen LogP contribution in [0.25, 0.3) is 11.3 Å². The molecule has 1 aliphatic heterocycles. The minimum atomic E-state index is 0.732. The zero-order chi connectivity index (χ0) is 20.8. The van der Waals surface area contributed by atoms with Crippen molar-refractivity contribution in [2.45, 2.75) is 6.54 Å². The summed E-state index contributed by atoms with van der Waals surface area (Å²) >= 11 is 0. The van der Waals surface area contributed by atoms with Gasteiger partial charge in [-0.25, -0.2) is 4.98 Å². The van der Waals surface area contributed by atoms with Crippen molar-refractivity contribution in [3.8, 4) is 17.0 Å². The summed E-state index contributed by atoms with van der Waals surface area (Å²) in [5.41, 5.74) is 1.75. The lowest BCUT2D eigenvalue weighted by Crippen LogP contribution is -2.48. The fourth-order valence-corrected chi connectivity index (χ4v) is 3.77. The maximum absolute atomic E-state index is 5.57. The number of para-hydroxylation sites is 1. The van der Waals surface area contributed by atoms with Crippen LogP contribution in [0.15, 0.2) is 59.3 Å². The van der Waals surface area contributed by atoms with Gasteiger partial charge in [0.1, 0.15) is 17.3 Å². The summed E-state index contributed by atoms with van der Waals surface area (Å²) in [6, 6.07) is 16.0. The summed E-state index contributed by atoms with van der Waals surface area (Å²) in [5, 5.41) is 4.23. The molecule has 1 aliphatic rings. The van der Waals surface area contributed by atoms with Crippen LogP contribution in [-0.4, -0.2) is 73.4 Å². The number of hydrogen-bond acceptors (Lipinski definition) is 7. The summed E-state index contributed by atoms with van der Waals surface area (Å²) in [6.07, 6.45) is 1.86.